The van der Waals surface area contributed by atoms with Gasteiger partial charge in [0.05, 0.1) is 16.9 Å². The highest BCUT2D eigenvalue weighted by molar-refractivity contribution is 6.78. The highest BCUT2D eigenvalue weighted by Gasteiger charge is 2.26. The van der Waals surface area contributed by atoms with Crippen molar-refractivity contribution in [3.63, 3.8) is 0 Å². The molecule has 0 spiro atoms. The molecule has 0 heterocycles. The van der Waals surface area contributed by atoms with Gasteiger partial charge in [0.1, 0.15) is 0 Å². The highest BCUT2D eigenvalue weighted by atomic mass is 28.4. The first kappa shape index (κ1) is 24.0. The Hall–Kier alpha value is 1.00. The number of hydrogen-bond donors (Lipinski definition) is 0. The minimum atomic E-state index is -1.41. The van der Waals surface area contributed by atoms with Gasteiger partial charge in [-0.2, -0.15) is 0 Å². The van der Waals surface area contributed by atoms with Gasteiger partial charge in [-0.1, -0.05) is 50.9 Å². The quantitative estimate of drug-likeness (QED) is 0.414. The maximum absolute atomic E-state index is 6.36. The lowest BCUT2D eigenvalue weighted by Gasteiger charge is -2.28. The Morgan fingerprint density at radius 1 is 0.696 bits per heavy atom. The summed E-state index contributed by atoms with van der Waals surface area (Å²) in [4.78, 5) is 0. The van der Waals surface area contributed by atoms with Crippen LogP contribution in [0.15, 0.2) is 0 Å². The van der Waals surface area contributed by atoms with E-state index in [4.69, 9.17) is 8.85 Å². The van der Waals surface area contributed by atoms with Crippen LogP contribution >= 0.6 is 0 Å². The van der Waals surface area contributed by atoms with Gasteiger partial charge in [0.25, 0.3) is 0 Å². The minimum absolute atomic E-state index is 0.535. The largest absolute Gasteiger partial charge is 0.421 e. The standard InChI is InChI=1S/C16H44O2Si5/c1-19(11-12-20(2)15-17-22(6,7)8)13-14-23(9,10)18-16-21(3,4)5/h19-20H,11-16H2,1-10H3. The van der Waals surface area contributed by atoms with E-state index in [0.717, 1.165) is 12.5 Å². The van der Waals surface area contributed by atoms with E-state index in [2.05, 4.69) is 65.5 Å². The minimum Gasteiger partial charge on any atom is -0.421 e. The van der Waals surface area contributed by atoms with Gasteiger partial charge in [0.15, 0.2) is 16.6 Å². The lowest BCUT2D eigenvalue weighted by molar-refractivity contribution is 0.368. The third-order valence-corrected chi connectivity index (χ3v) is 15.1. The molecule has 2 nitrogen and oxygen atoms in total. The molecular formula is C16H44O2Si5. The van der Waals surface area contributed by atoms with Crippen LogP contribution in [0.1, 0.15) is 0 Å². The summed E-state index contributed by atoms with van der Waals surface area (Å²) in [7, 11) is -4.94. The molecule has 0 saturated heterocycles. The topological polar surface area (TPSA) is 18.5 Å². The molecule has 0 aromatic rings. The van der Waals surface area contributed by atoms with Gasteiger partial charge in [0.2, 0.25) is 0 Å². The first-order valence-corrected chi connectivity index (χ1v) is 25.3. The van der Waals surface area contributed by atoms with Crippen molar-refractivity contribution < 1.29 is 8.85 Å². The fourth-order valence-corrected chi connectivity index (χ4v) is 18.6. The van der Waals surface area contributed by atoms with Crippen LogP contribution in [-0.2, 0) is 8.85 Å². The fraction of sp³-hybridized carbons (Fsp3) is 1.00. The molecule has 0 aromatic heterocycles. The second-order valence-electron chi connectivity index (χ2n) is 10.4. The van der Waals surface area contributed by atoms with Crippen molar-refractivity contribution in [1.82, 2.24) is 0 Å². The van der Waals surface area contributed by atoms with Crippen LogP contribution in [0.3, 0.4) is 0 Å². The monoisotopic (exact) mass is 408 g/mol. The van der Waals surface area contributed by atoms with Crippen molar-refractivity contribution in [3.8, 4) is 0 Å². The van der Waals surface area contributed by atoms with E-state index >= 15 is 0 Å². The van der Waals surface area contributed by atoms with Gasteiger partial charge in [-0.3, -0.25) is 0 Å². The van der Waals surface area contributed by atoms with Crippen LogP contribution in [0.4, 0.5) is 0 Å². The van der Waals surface area contributed by atoms with E-state index in [-0.39, 0.29) is 0 Å². The first-order valence-electron chi connectivity index (χ1n) is 9.48. The molecular weight excluding hydrogens is 365 g/mol. The fourth-order valence-electron chi connectivity index (χ4n) is 2.27. The zero-order valence-electron chi connectivity index (χ0n) is 17.7. The van der Waals surface area contributed by atoms with Crippen molar-refractivity contribution in [2.24, 2.45) is 0 Å². The summed E-state index contributed by atoms with van der Waals surface area (Å²) >= 11 is 0. The zero-order valence-corrected chi connectivity index (χ0v) is 23.0. The van der Waals surface area contributed by atoms with Gasteiger partial charge >= 0.3 is 0 Å². The Labute approximate surface area is 153 Å². The van der Waals surface area contributed by atoms with Gasteiger partial charge < -0.3 is 8.85 Å². The molecule has 2 atom stereocenters. The van der Waals surface area contributed by atoms with Gasteiger partial charge in [-0.15, -0.1) is 0 Å². The Morgan fingerprint density at radius 3 is 1.70 bits per heavy atom. The molecule has 140 valence electrons. The smallest absolute Gasteiger partial charge is 0.185 e. The number of hydrogen-bond acceptors (Lipinski definition) is 2. The summed E-state index contributed by atoms with van der Waals surface area (Å²) < 4.78 is 12.5. The molecule has 0 bridgehead atoms. The van der Waals surface area contributed by atoms with E-state index in [9.17, 15) is 0 Å². The maximum Gasteiger partial charge on any atom is 0.185 e. The third-order valence-electron chi connectivity index (χ3n) is 4.09. The Bertz CT molecular complexity index is 323. The molecule has 0 aliphatic heterocycles. The lowest BCUT2D eigenvalue weighted by atomic mass is 10.9. The van der Waals surface area contributed by atoms with Crippen molar-refractivity contribution >= 4 is 42.3 Å². The molecule has 0 aliphatic rings. The number of rotatable bonds is 12. The van der Waals surface area contributed by atoms with Crippen molar-refractivity contribution in [2.45, 2.75) is 89.6 Å². The molecule has 23 heavy (non-hydrogen) atoms. The second kappa shape index (κ2) is 10.2. The molecule has 0 aromatic carbocycles. The molecule has 0 aliphatic carbocycles. The highest BCUT2D eigenvalue weighted by Crippen LogP contribution is 2.20. The van der Waals surface area contributed by atoms with Crippen LogP contribution in [0.25, 0.3) is 0 Å². The summed E-state index contributed by atoms with van der Waals surface area (Å²) in [6.45, 7) is 24.0. The first-order chi connectivity index (χ1) is 10.2. The predicted molar refractivity (Wildman–Crippen MR) is 121 cm³/mol. The average Bonchev–Trinajstić information content (AvgIpc) is 2.37. The molecule has 0 fully saturated rings. The Kier molecular flexibility index (Phi) is 10.7. The molecule has 7 heteroatoms. The summed E-state index contributed by atoms with van der Waals surface area (Å²) in [5.74, 6) is 0. The Morgan fingerprint density at radius 2 is 1.22 bits per heavy atom. The maximum atomic E-state index is 6.36. The van der Waals surface area contributed by atoms with E-state index in [1.54, 1.807) is 0 Å². The van der Waals surface area contributed by atoms with Crippen LogP contribution < -0.4 is 0 Å². The molecule has 0 saturated carbocycles. The van der Waals surface area contributed by atoms with Crippen molar-refractivity contribution in [2.75, 3.05) is 12.5 Å². The van der Waals surface area contributed by atoms with E-state index < -0.39 is 42.3 Å². The second-order valence-corrected chi connectivity index (χ2v) is 31.1. The molecule has 0 amide bonds. The van der Waals surface area contributed by atoms with Crippen molar-refractivity contribution in [3.05, 3.63) is 0 Å². The molecule has 2 unspecified atom stereocenters. The van der Waals surface area contributed by atoms with Crippen LogP contribution in [0, 0.1) is 0 Å². The molecule has 0 radical (unpaired) electrons. The SMILES string of the molecule is C[SiH](CC[SiH](C)CO[Si](C)(C)C)CC[Si](C)(C)OC[Si](C)(C)C. The average molecular weight is 409 g/mol. The van der Waals surface area contributed by atoms with Gasteiger partial charge in [-0.25, -0.2) is 0 Å². The van der Waals surface area contributed by atoms with E-state index in [1.165, 1.54) is 24.2 Å². The normalized spacial score (nSPS) is 16.4. The third kappa shape index (κ3) is 16.2. The van der Waals surface area contributed by atoms with Crippen LogP contribution in [0.2, 0.25) is 89.6 Å². The zero-order chi connectivity index (χ0) is 18.3. The summed E-state index contributed by atoms with van der Waals surface area (Å²) in [6, 6.07) is 5.89. The van der Waals surface area contributed by atoms with E-state index in [0.29, 0.717) is 0 Å². The predicted octanol–water partition coefficient (Wildman–Crippen LogP) is 5.19. The Balaban J connectivity index is 3.95. The van der Waals surface area contributed by atoms with Crippen LogP contribution in [0.5, 0.6) is 0 Å². The van der Waals surface area contributed by atoms with Crippen molar-refractivity contribution in [1.29, 1.82) is 0 Å². The summed E-state index contributed by atoms with van der Waals surface area (Å²) in [6.07, 6.45) is 2.16. The van der Waals surface area contributed by atoms with E-state index in [1.807, 2.05) is 0 Å². The van der Waals surface area contributed by atoms with Crippen LogP contribution in [-0.4, -0.2) is 54.8 Å². The van der Waals surface area contributed by atoms with Gasteiger partial charge in [0, 0.05) is 21.3 Å². The molecule has 0 rings (SSSR count). The lowest BCUT2D eigenvalue weighted by Crippen LogP contribution is -2.39. The van der Waals surface area contributed by atoms with Gasteiger partial charge in [-0.05, 0) is 38.8 Å². The summed E-state index contributed by atoms with van der Waals surface area (Å²) in [5.41, 5.74) is 0. The summed E-state index contributed by atoms with van der Waals surface area (Å²) in [5, 5.41) is 0. The molecule has 0 N–H and O–H groups in total.